The van der Waals surface area contributed by atoms with Gasteiger partial charge in [-0.05, 0) is 30.6 Å². The number of carbonyl (C=O) groups is 1. The van der Waals surface area contributed by atoms with Gasteiger partial charge in [-0.15, -0.1) is 0 Å². The number of pyridine rings is 1. The third-order valence-electron chi connectivity index (χ3n) is 5.91. The second kappa shape index (κ2) is 11.2. The molecule has 0 unspecified atom stereocenters. The molecule has 4 heterocycles. The van der Waals surface area contributed by atoms with Crippen LogP contribution in [0.3, 0.4) is 0 Å². The van der Waals surface area contributed by atoms with Gasteiger partial charge >= 0.3 is 12.4 Å². The van der Waals surface area contributed by atoms with Crippen molar-refractivity contribution < 1.29 is 31.1 Å². The molecule has 3 aromatic rings. The lowest BCUT2D eigenvalue weighted by Gasteiger charge is -2.35. The first-order valence-corrected chi connectivity index (χ1v) is 12.3. The van der Waals surface area contributed by atoms with Crippen LogP contribution in [0.15, 0.2) is 30.7 Å². The van der Waals surface area contributed by atoms with Crippen LogP contribution >= 0.6 is 11.5 Å². The zero-order chi connectivity index (χ0) is 27.5. The first-order valence-electron chi connectivity index (χ1n) is 11.5. The van der Waals surface area contributed by atoms with E-state index in [1.165, 1.54) is 6.20 Å². The number of nitrogens with zero attached hydrogens (tertiary/aromatic N) is 6. The largest absolute Gasteiger partial charge is 0.434 e. The molecule has 1 saturated heterocycles. The number of alkyl halides is 6. The minimum absolute atomic E-state index is 0.0278. The minimum atomic E-state index is -4.59. The van der Waals surface area contributed by atoms with E-state index in [4.69, 9.17) is 0 Å². The zero-order valence-corrected chi connectivity index (χ0v) is 20.9. The van der Waals surface area contributed by atoms with E-state index < -0.39 is 30.4 Å². The quantitative estimate of drug-likeness (QED) is 0.425. The Morgan fingerprint density at radius 3 is 2.32 bits per heavy atom. The van der Waals surface area contributed by atoms with Gasteiger partial charge in [0.05, 0.1) is 41.5 Å². The highest BCUT2D eigenvalue weighted by atomic mass is 32.1. The van der Waals surface area contributed by atoms with Crippen LogP contribution in [0, 0.1) is 6.92 Å². The predicted molar refractivity (Wildman–Crippen MR) is 128 cm³/mol. The molecule has 0 aromatic carbocycles. The van der Waals surface area contributed by atoms with E-state index in [0.717, 1.165) is 17.7 Å². The fourth-order valence-corrected chi connectivity index (χ4v) is 4.79. The summed E-state index contributed by atoms with van der Waals surface area (Å²) in [4.78, 5) is 28.8. The van der Waals surface area contributed by atoms with Crippen LogP contribution in [0.1, 0.15) is 38.7 Å². The Balaban J connectivity index is 1.35. The van der Waals surface area contributed by atoms with Crippen molar-refractivity contribution in [2.45, 2.75) is 32.1 Å². The van der Waals surface area contributed by atoms with Crippen LogP contribution in [0.4, 0.5) is 37.8 Å². The molecule has 0 aliphatic carbocycles. The Hall–Kier alpha value is -3.33. The zero-order valence-electron chi connectivity index (χ0n) is 20.1. The molecular formula is C23H23F6N7OS. The lowest BCUT2D eigenvalue weighted by molar-refractivity contribution is -0.141. The highest BCUT2D eigenvalue weighted by molar-refractivity contribution is 7.06. The third-order valence-corrected chi connectivity index (χ3v) is 6.85. The van der Waals surface area contributed by atoms with Gasteiger partial charge in [-0.25, -0.2) is 9.97 Å². The Labute approximate surface area is 217 Å². The Morgan fingerprint density at radius 1 is 1.00 bits per heavy atom. The molecule has 0 bridgehead atoms. The number of piperazine rings is 1. The number of rotatable bonds is 7. The molecule has 1 aliphatic heterocycles. The van der Waals surface area contributed by atoms with Crippen molar-refractivity contribution in [2.24, 2.45) is 0 Å². The number of anilines is 2. The number of carbonyl (C=O) groups excluding carboxylic acids is 1. The Morgan fingerprint density at radius 2 is 1.74 bits per heavy atom. The molecule has 0 spiro atoms. The molecule has 1 N–H and O–H groups in total. The fraction of sp³-hybridized carbons (Fsp3) is 0.435. The number of nitrogens with one attached hydrogen (secondary N) is 1. The number of amides is 1. The molecule has 1 fully saturated rings. The van der Waals surface area contributed by atoms with Crippen molar-refractivity contribution in [1.29, 1.82) is 0 Å². The standard InChI is InChI=1S/C23H23F6N7OS/c1-14-20(17(38-34-14)10-16-12-31-18(13-30-16)23(27,28)29)21(37)33-15-2-3-19(32-11-15)36-8-6-35(7-9-36)5-4-22(24,25)26/h2-3,11-13H,4-10H2,1H3,(H,33,37). The molecule has 8 nitrogen and oxygen atoms in total. The molecule has 38 heavy (non-hydrogen) atoms. The summed E-state index contributed by atoms with van der Waals surface area (Å²) in [6.45, 7) is 3.68. The van der Waals surface area contributed by atoms with E-state index >= 15 is 0 Å². The van der Waals surface area contributed by atoms with Crippen LogP contribution in [0.25, 0.3) is 0 Å². The van der Waals surface area contributed by atoms with Gasteiger partial charge in [-0.1, -0.05) is 0 Å². The number of hydrogen-bond donors (Lipinski definition) is 1. The van der Waals surface area contributed by atoms with E-state index in [1.54, 1.807) is 24.0 Å². The molecule has 0 saturated carbocycles. The summed E-state index contributed by atoms with van der Waals surface area (Å²) in [5, 5.41) is 2.76. The summed E-state index contributed by atoms with van der Waals surface area (Å²) in [7, 11) is 0. The lowest BCUT2D eigenvalue weighted by atomic mass is 10.1. The average molecular weight is 560 g/mol. The van der Waals surface area contributed by atoms with E-state index in [2.05, 4.69) is 24.6 Å². The molecule has 3 aromatic heterocycles. The van der Waals surface area contributed by atoms with Crippen molar-refractivity contribution in [3.63, 3.8) is 0 Å². The highest BCUT2D eigenvalue weighted by Gasteiger charge is 2.33. The Kier molecular flexibility index (Phi) is 8.16. The first kappa shape index (κ1) is 27.7. The van der Waals surface area contributed by atoms with E-state index in [0.29, 0.717) is 60.0 Å². The molecule has 0 atom stereocenters. The summed E-state index contributed by atoms with van der Waals surface area (Å²) >= 11 is 1.06. The van der Waals surface area contributed by atoms with Gasteiger partial charge in [0.1, 0.15) is 5.82 Å². The minimum Gasteiger partial charge on any atom is -0.354 e. The SMILES string of the molecule is Cc1nsc(Cc2cnc(C(F)(F)F)cn2)c1C(=O)Nc1ccc(N2CCN(CCC(F)(F)F)CC2)nc1. The van der Waals surface area contributed by atoms with Crippen molar-refractivity contribution in [2.75, 3.05) is 42.9 Å². The highest BCUT2D eigenvalue weighted by Crippen LogP contribution is 2.28. The van der Waals surface area contributed by atoms with Crippen LogP contribution < -0.4 is 10.2 Å². The van der Waals surface area contributed by atoms with Crippen molar-refractivity contribution in [3.8, 4) is 0 Å². The molecule has 204 valence electrons. The topological polar surface area (TPSA) is 87.1 Å². The summed E-state index contributed by atoms with van der Waals surface area (Å²) in [6, 6.07) is 3.39. The molecule has 4 rings (SSSR count). The van der Waals surface area contributed by atoms with Crippen molar-refractivity contribution in [3.05, 3.63) is 58.2 Å². The van der Waals surface area contributed by atoms with Gasteiger partial charge < -0.3 is 10.2 Å². The summed E-state index contributed by atoms with van der Waals surface area (Å²) in [5.41, 5.74) is 0.360. The first-order chi connectivity index (χ1) is 17.9. The van der Waals surface area contributed by atoms with Crippen LogP contribution in [0.2, 0.25) is 0 Å². The maximum atomic E-state index is 13.0. The second-order valence-corrected chi connectivity index (χ2v) is 9.54. The lowest BCUT2D eigenvalue weighted by Crippen LogP contribution is -2.47. The maximum absolute atomic E-state index is 13.0. The number of aromatic nitrogens is 4. The smallest absolute Gasteiger partial charge is 0.354 e. The predicted octanol–water partition coefficient (Wildman–Crippen LogP) is 4.57. The normalized spacial score (nSPS) is 15.1. The van der Waals surface area contributed by atoms with Crippen molar-refractivity contribution >= 4 is 28.9 Å². The van der Waals surface area contributed by atoms with Gasteiger partial charge in [-0.3, -0.25) is 14.7 Å². The number of halogens is 6. The molecule has 15 heteroatoms. The number of hydrogen-bond acceptors (Lipinski definition) is 8. The molecule has 0 radical (unpaired) electrons. The van der Waals surface area contributed by atoms with E-state index in [9.17, 15) is 31.1 Å². The summed E-state index contributed by atoms with van der Waals surface area (Å²) in [6.07, 6.45) is -6.35. The van der Waals surface area contributed by atoms with Gasteiger partial charge in [0.25, 0.3) is 5.91 Å². The molecule has 1 aliphatic rings. The maximum Gasteiger partial charge on any atom is 0.434 e. The van der Waals surface area contributed by atoms with Crippen LogP contribution in [-0.2, 0) is 12.6 Å². The molecular weight excluding hydrogens is 536 g/mol. The van der Waals surface area contributed by atoms with Crippen LogP contribution in [-0.4, -0.2) is 69.0 Å². The van der Waals surface area contributed by atoms with E-state index in [-0.39, 0.29) is 18.7 Å². The van der Waals surface area contributed by atoms with Gasteiger partial charge in [0.15, 0.2) is 5.69 Å². The Bertz CT molecular complexity index is 1240. The van der Waals surface area contributed by atoms with Gasteiger partial charge in [0.2, 0.25) is 0 Å². The third kappa shape index (κ3) is 7.16. The average Bonchev–Trinajstić information content (AvgIpc) is 3.22. The van der Waals surface area contributed by atoms with E-state index in [1.807, 2.05) is 4.90 Å². The van der Waals surface area contributed by atoms with Crippen molar-refractivity contribution in [1.82, 2.24) is 24.2 Å². The monoisotopic (exact) mass is 559 g/mol. The summed E-state index contributed by atoms with van der Waals surface area (Å²) in [5.74, 6) is 0.201. The fourth-order valence-electron chi connectivity index (χ4n) is 3.91. The van der Waals surface area contributed by atoms with Gasteiger partial charge in [-0.2, -0.15) is 30.7 Å². The number of aryl methyl sites for hydroxylation is 1. The summed E-state index contributed by atoms with van der Waals surface area (Å²) < 4.78 is 79.7. The van der Waals surface area contributed by atoms with Gasteiger partial charge in [0, 0.05) is 50.2 Å². The van der Waals surface area contributed by atoms with Crippen LogP contribution in [0.5, 0.6) is 0 Å². The molecule has 1 amide bonds. The second-order valence-electron chi connectivity index (χ2n) is 8.69.